The zero-order valence-electron chi connectivity index (χ0n) is 11.2. The van der Waals surface area contributed by atoms with Gasteiger partial charge in [-0.1, -0.05) is 0 Å². The second-order valence-electron chi connectivity index (χ2n) is 5.50. The molecule has 2 aliphatic rings. The zero-order valence-corrected chi connectivity index (χ0v) is 11.2. The number of rotatable bonds is 6. The number of amides is 1. The van der Waals surface area contributed by atoms with Crippen LogP contribution in [0.2, 0.25) is 0 Å². The van der Waals surface area contributed by atoms with Crippen molar-refractivity contribution in [1.29, 1.82) is 0 Å². The summed E-state index contributed by atoms with van der Waals surface area (Å²) in [6.07, 6.45) is 1.69. The van der Waals surface area contributed by atoms with Crippen molar-refractivity contribution in [3.8, 4) is 0 Å². The highest BCUT2D eigenvalue weighted by Gasteiger charge is 2.32. The van der Waals surface area contributed by atoms with E-state index in [9.17, 15) is 4.79 Å². The Morgan fingerprint density at radius 1 is 1.39 bits per heavy atom. The largest absolute Gasteiger partial charge is 0.396 e. The van der Waals surface area contributed by atoms with Crippen molar-refractivity contribution >= 4 is 5.91 Å². The fourth-order valence-corrected chi connectivity index (χ4v) is 2.95. The predicted molar refractivity (Wildman–Crippen MR) is 68.2 cm³/mol. The van der Waals surface area contributed by atoms with Crippen LogP contribution in [0.25, 0.3) is 0 Å². The quantitative estimate of drug-likeness (QED) is 0.715. The van der Waals surface area contributed by atoms with Crippen molar-refractivity contribution in [2.75, 3.05) is 53.0 Å². The summed E-state index contributed by atoms with van der Waals surface area (Å²) in [5, 5.41) is 9.10. The molecule has 0 aromatic heterocycles. The maximum absolute atomic E-state index is 11.8. The molecule has 0 radical (unpaired) electrons. The van der Waals surface area contributed by atoms with Crippen LogP contribution in [0.5, 0.6) is 0 Å². The average molecular weight is 256 g/mol. The molecule has 0 bridgehead atoms. The molecule has 2 fully saturated rings. The smallest absolute Gasteiger partial charge is 0.223 e. The Bertz CT molecular complexity index is 285. The summed E-state index contributed by atoms with van der Waals surface area (Å²) in [5.41, 5.74) is 0. The first kappa shape index (κ1) is 13.8. The maximum Gasteiger partial charge on any atom is 0.223 e. The molecule has 2 unspecified atom stereocenters. The molecule has 2 atom stereocenters. The van der Waals surface area contributed by atoms with Crippen LogP contribution in [0, 0.1) is 11.8 Å². The van der Waals surface area contributed by atoms with Gasteiger partial charge in [-0.2, -0.15) is 0 Å². The second kappa shape index (κ2) is 6.50. The Morgan fingerprint density at radius 2 is 2.22 bits per heavy atom. The van der Waals surface area contributed by atoms with E-state index in [0.29, 0.717) is 12.3 Å². The molecule has 2 aliphatic heterocycles. The van der Waals surface area contributed by atoms with Gasteiger partial charge in [0, 0.05) is 52.2 Å². The molecular formula is C13H24N2O3. The summed E-state index contributed by atoms with van der Waals surface area (Å²) < 4.78 is 5.08. The number of hydrogen-bond acceptors (Lipinski definition) is 4. The molecule has 1 N–H and O–H groups in total. The molecule has 0 aliphatic carbocycles. The van der Waals surface area contributed by atoms with Crippen LogP contribution in [0.15, 0.2) is 0 Å². The standard InChI is InChI=1S/C13H24N2O3/c1-18-5-4-14-3-2-11(7-14)8-15-9-12(10-16)6-13(15)17/h11-12,16H,2-10H2,1H3. The Hall–Kier alpha value is -0.650. The van der Waals surface area contributed by atoms with Gasteiger partial charge in [-0.05, 0) is 18.9 Å². The van der Waals surface area contributed by atoms with E-state index >= 15 is 0 Å². The highest BCUT2D eigenvalue weighted by molar-refractivity contribution is 5.78. The van der Waals surface area contributed by atoms with Crippen molar-refractivity contribution in [2.45, 2.75) is 12.8 Å². The molecule has 5 heteroatoms. The van der Waals surface area contributed by atoms with Gasteiger partial charge in [0.05, 0.1) is 6.61 Å². The Kier molecular flexibility index (Phi) is 4.97. The van der Waals surface area contributed by atoms with Crippen LogP contribution in [0.3, 0.4) is 0 Å². The van der Waals surface area contributed by atoms with Gasteiger partial charge in [0.25, 0.3) is 0 Å². The van der Waals surface area contributed by atoms with Crippen LogP contribution in [0.4, 0.5) is 0 Å². The number of aliphatic hydroxyl groups excluding tert-OH is 1. The molecule has 2 saturated heterocycles. The summed E-state index contributed by atoms with van der Waals surface area (Å²) in [5.74, 6) is 0.955. The number of likely N-dealkylation sites (tertiary alicyclic amines) is 2. The topological polar surface area (TPSA) is 53.0 Å². The lowest BCUT2D eigenvalue weighted by atomic mass is 10.1. The van der Waals surface area contributed by atoms with E-state index in [1.165, 1.54) is 0 Å². The van der Waals surface area contributed by atoms with Crippen LogP contribution < -0.4 is 0 Å². The van der Waals surface area contributed by atoms with Crippen LogP contribution in [0.1, 0.15) is 12.8 Å². The molecule has 0 aromatic carbocycles. The normalized spacial score (nSPS) is 29.4. The lowest BCUT2D eigenvalue weighted by Gasteiger charge is -2.21. The summed E-state index contributed by atoms with van der Waals surface area (Å²) in [7, 11) is 1.73. The van der Waals surface area contributed by atoms with Crippen LogP contribution in [-0.4, -0.2) is 73.9 Å². The molecule has 1 amide bonds. The third-order valence-corrected chi connectivity index (χ3v) is 4.01. The van der Waals surface area contributed by atoms with Gasteiger partial charge in [-0.3, -0.25) is 4.79 Å². The minimum atomic E-state index is 0.132. The summed E-state index contributed by atoms with van der Waals surface area (Å²) in [4.78, 5) is 16.1. The van der Waals surface area contributed by atoms with Gasteiger partial charge in [0.1, 0.15) is 0 Å². The van der Waals surface area contributed by atoms with E-state index in [2.05, 4.69) is 4.90 Å². The number of nitrogens with zero attached hydrogens (tertiary/aromatic N) is 2. The van der Waals surface area contributed by atoms with E-state index in [4.69, 9.17) is 9.84 Å². The van der Waals surface area contributed by atoms with Gasteiger partial charge < -0.3 is 19.6 Å². The molecule has 18 heavy (non-hydrogen) atoms. The molecule has 0 aromatic rings. The van der Waals surface area contributed by atoms with Gasteiger partial charge in [-0.15, -0.1) is 0 Å². The minimum Gasteiger partial charge on any atom is -0.396 e. The number of hydrogen-bond donors (Lipinski definition) is 1. The lowest BCUT2D eigenvalue weighted by molar-refractivity contribution is -0.128. The van der Waals surface area contributed by atoms with E-state index in [-0.39, 0.29) is 18.4 Å². The Morgan fingerprint density at radius 3 is 2.89 bits per heavy atom. The minimum absolute atomic E-state index is 0.132. The van der Waals surface area contributed by atoms with E-state index in [1.54, 1.807) is 7.11 Å². The van der Waals surface area contributed by atoms with Crippen LogP contribution in [-0.2, 0) is 9.53 Å². The van der Waals surface area contributed by atoms with E-state index in [0.717, 1.165) is 45.8 Å². The second-order valence-corrected chi connectivity index (χ2v) is 5.50. The summed E-state index contributed by atoms with van der Waals surface area (Å²) in [6, 6.07) is 0. The van der Waals surface area contributed by atoms with Crippen molar-refractivity contribution in [3.05, 3.63) is 0 Å². The molecule has 0 spiro atoms. The van der Waals surface area contributed by atoms with Crippen molar-refractivity contribution in [3.63, 3.8) is 0 Å². The van der Waals surface area contributed by atoms with Crippen LogP contribution >= 0.6 is 0 Å². The van der Waals surface area contributed by atoms with Crippen molar-refractivity contribution in [1.82, 2.24) is 9.80 Å². The van der Waals surface area contributed by atoms with Crippen molar-refractivity contribution in [2.24, 2.45) is 11.8 Å². The summed E-state index contributed by atoms with van der Waals surface area (Å²) in [6.45, 7) is 5.67. The van der Waals surface area contributed by atoms with Gasteiger partial charge >= 0.3 is 0 Å². The van der Waals surface area contributed by atoms with E-state index in [1.807, 2.05) is 4.90 Å². The lowest BCUT2D eigenvalue weighted by Crippen LogP contribution is -2.33. The first-order chi connectivity index (χ1) is 8.72. The molecule has 2 rings (SSSR count). The summed E-state index contributed by atoms with van der Waals surface area (Å²) >= 11 is 0. The maximum atomic E-state index is 11.8. The fraction of sp³-hybridized carbons (Fsp3) is 0.923. The number of carbonyl (C=O) groups is 1. The Balaban J connectivity index is 1.73. The number of ether oxygens (including phenoxy) is 1. The average Bonchev–Trinajstić information content (AvgIpc) is 2.95. The number of aliphatic hydroxyl groups is 1. The van der Waals surface area contributed by atoms with E-state index < -0.39 is 0 Å². The first-order valence-electron chi connectivity index (χ1n) is 6.83. The third-order valence-electron chi connectivity index (χ3n) is 4.01. The van der Waals surface area contributed by atoms with Gasteiger partial charge in [0.15, 0.2) is 0 Å². The molecular weight excluding hydrogens is 232 g/mol. The SMILES string of the molecule is COCCN1CCC(CN2CC(CO)CC2=O)C1. The van der Waals surface area contributed by atoms with Gasteiger partial charge in [0.2, 0.25) is 5.91 Å². The molecule has 104 valence electrons. The number of methoxy groups -OCH3 is 1. The highest BCUT2D eigenvalue weighted by Crippen LogP contribution is 2.22. The highest BCUT2D eigenvalue weighted by atomic mass is 16.5. The number of carbonyl (C=O) groups excluding carboxylic acids is 1. The predicted octanol–water partition coefficient (Wildman–Crippen LogP) is -0.204. The molecule has 5 nitrogen and oxygen atoms in total. The fourth-order valence-electron chi connectivity index (χ4n) is 2.95. The Labute approximate surface area is 109 Å². The monoisotopic (exact) mass is 256 g/mol. The molecule has 2 heterocycles. The van der Waals surface area contributed by atoms with Gasteiger partial charge in [-0.25, -0.2) is 0 Å². The molecule has 0 saturated carbocycles. The zero-order chi connectivity index (χ0) is 13.0. The first-order valence-corrected chi connectivity index (χ1v) is 6.83. The van der Waals surface area contributed by atoms with Crippen molar-refractivity contribution < 1.29 is 14.6 Å². The third kappa shape index (κ3) is 3.43.